The summed E-state index contributed by atoms with van der Waals surface area (Å²) in [4.78, 5) is 0. The van der Waals surface area contributed by atoms with Crippen LogP contribution in [-0.2, 0) is 9.84 Å². The van der Waals surface area contributed by atoms with Gasteiger partial charge in [-0.05, 0) is 6.42 Å². The minimum atomic E-state index is -3.22. The van der Waals surface area contributed by atoms with Crippen molar-refractivity contribution in [3.05, 3.63) is 0 Å². The molecule has 1 atom stereocenters. The van der Waals surface area contributed by atoms with Gasteiger partial charge in [0.25, 0.3) is 0 Å². The van der Waals surface area contributed by atoms with Gasteiger partial charge < -0.3 is 10.2 Å². The van der Waals surface area contributed by atoms with Crippen LogP contribution < -0.4 is 0 Å². The van der Waals surface area contributed by atoms with Crippen molar-refractivity contribution < 1.29 is 18.6 Å². The van der Waals surface area contributed by atoms with Gasteiger partial charge in [-0.3, -0.25) is 0 Å². The summed E-state index contributed by atoms with van der Waals surface area (Å²) in [6.07, 6.45) is 19.1. The van der Waals surface area contributed by atoms with Gasteiger partial charge in [0.1, 0.15) is 0 Å². The zero-order chi connectivity index (χ0) is 19.5. The fourth-order valence-electron chi connectivity index (χ4n) is 3.30. The number of hydrogen-bond acceptors (Lipinski definition) is 4. The van der Waals surface area contributed by atoms with Gasteiger partial charge in [0.05, 0.1) is 24.2 Å². The summed E-state index contributed by atoms with van der Waals surface area (Å²) in [5.41, 5.74) is 0. The molecule has 0 fully saturated rings. The Bertz CT molecular complexity index is 381. The van der Waals surface area contributed by atoms with Crippen molar-refractivity contribution in [1.29, 1.82) is 0 Å². The Balaban J connectivity index is 3.24. The average molecular weight is 393 g/mol. The van der Waals surface area contributed by atoms with Crippen LogP contribution in [-0.4, -0.2) is 42.8 Å². The topological polar surface area (TPSA) is 74.6 Å². The number of hydrogen-bond donors (Lipinski definition) is 2. The van der Waals surface area contributed by atoms with Crippen LogP contribution in [0.15, 0.2) is 0 Å². The van der Waals surface area contributed by atoms with E-state index in [1.165, 1.54) is 83.5 Å². The van der Waals surface area contributed by atoms with E-state index in [0.717, 1.165) is 12.8 Å². The highest BCUT2D eigenvalue weighted by molar-refractivity contribution is 7.91. The van der Waals surface area contributed by atoms with Crippen LogP contribution in [0.3, 0.4) is 0 Å². The largest absolute Gasteiger partial charge is 0.394 e. The maximum atomic E-state index is 11.7. The molecule has 0 aliphatic rings. The second-order valence-electron chi connectivity index (χ2n) is 7.75. The van der Waals surface area contributed by atoms with Crippen LogP contribution in [0.25, 0.3) is 0 Å². The molecule has 0 unspecified atom stereocenters. The minimum Gasteiger partial charge on any atom is -0.394 e. The summed E-state index contributed by atoms with van der Waals surface area (Å²) < 4.78 is 23.4. The minimum absolute atomic E-state index is 0.127. The van der Waals surface area contributed by atoms with Gasteiger partial charge in [0.2, 0.25) is 0 Å². The third kappa shape index (κ3) is 18.7. The molecule has 5 heteroatoms. The fraction of sp³-hybridized carbons (Fsp3) is 1.00. The Morgan fingerprint density at radius 3 is 1.35 bits per heavy atom. The van der Waals surface area contributed by atoms with Crippen molar-refractivity contribution in [1.82, 2.24) is 0 Å². The molecule has 0 radical (unpaired) electrons. The molecule has 0 heterocycles. The van der Waals surface area contributed by atoms with Crippen LogP contribution in [0.5, 0.6) is 0 Å². The summed E-state index contributed by atoms with van der Waals surface area (Å²) in [6, 6.07) is 0. The molecule has 26 heavy (non-hydrogen) atoms. The molecular formula is C21H44O4S. The molecule has 158 valence electrons. The number of unbranched alkanes of at least 4 members (excludes halogenated alkanes) is 15. The first-order chi connectivity index (χ1) is 12.5. The quantitative estimate of drug-likeness (QED) is 0.285. The van der Waals surface area contributed by atoms with Crippen molar-refractivity contribution in [3.63, 3.8) is 0 Å². The third-order valence-electron chi connectivity index (χ3n) is 4.97. The highest BCUT2D eigenvalue weighted by Gasteiger charge is 2.15. The lowest BCUT2D eigenvalue weighted by Gasteiger charge is -2.08. The Morgan fingerprint density at radius 2 is 1.00 bits per heavy atom. The second kappa shape index (κ2) is 18.2. The van der Waals surface area contributed by atoms with E-state index in [1.54, 1.807) is 0 Å². The zero-order valence-electron chi connectivity index (χ0n) is 17.1. The summed E-state index contributed by atoms with van der Waals surface area (Å²) >= 11 is 0. The molecule has 0 bridgehead atoms. The zero-order valence-corrected chi connectivity index (χ0v) is 17.9. The molecule has 0 saturated carbocycles. The number of rotatable bonds is 20. The summed E-state index contributed by atoms with van der Waals surface area (Å²) in [7, 11) is -3.22. The molecule has 0 spiro atoms. The fourth-order valence-corrected chi connectivity index (χ4v) is 4.80. The lowest BCUT2D eigenvalue weighted by atomic mass is 10.0. The summed E-state index contributed by atoms with van der Waals surface area (Å²) in [6.45, 7) is 1.77. The predicted octanol–water partition coefficient (Wildman–Crippen LogP) is 5.02. The van der Waals surface area contributed by atoms with E-state index in [0.29, 0.717) is 6.42 Å². The molecule has 0 rings (SSSR count). The van der Waals surface area contributed by atoms with Gasteiger partial charge in [0, 0.05) is 0 Å². The summed E-state index contributed by atoms with van der Waals surface area (Å²) in [5.74, 6) is -0.190. The second-order valence-corrected chi connectivity index (χ2v) is 9.98. The molecule has 4 nitrogen and oxygen atoms in total. The van der Waals surface area contributed by atoms with Gasteiger partial charge in [-0.1, -0.05) is 103 Å². The van der Waals surface area contributed by atoms with Crippen LogP contribution in [0, 0.1) is 0 Å². The number of aliphatic hydroxyl groups excluding tert-OH is 2. The van der Waals surface area contributed by atoms with Gasteiger partial charge in [-0.15, -0.1) is 0 Å². The van der Waals surface area contributed by atoms with Gasteiger partial charge >= 0.3 is 0 Å². The highest BCUT2D eigenvalue weighted by Crippen LogP contribution is 2.14. The van der Waals surface area contributed by atoms with E-state index in [2.05, 4.69) is 6.92 Å². The standard InChI is InChI=1S/C21H44O4S/c1-2-3-4-5-6-7-8-9-10-11-12-13-14-15-16-17-18-26(24,25)20-21(23)19-22/h21-23H,2-20H2,1H3/t21-/m0/s1. The van der Waals surface area contributed by atoms with E-state index < -0.39 is 22.5 Å². The SMILES string of the molecule is CCCCCCCCCCCCCCCCCCS(=O)(=O)C[C@@H](O)CO. The highest BCUT2D eigenvalue weighted by atomic mass is 32.2. The smallest absolute Gasteiger partial charge is 0.152 e. The molecule has 0 aliphatic heterocycles. The Morgan fingerprint density at radius 1 is 0.654 bits per heavy atom. The van der Waals surface area contributed by atoms with Gasteiger partial charge in [-0.2, -0.15) is 0 Å². The molecule has 0 aromatic rings. The predicted molar refractivity (Wildman–Crippen MR) is 111 cm³/mol. The molecule has 0 saturated heterocycles. The molecule has 0 aromatic carbocycles. The third-order valence-corrected chi connectivity index (χ3v) is 6.77. The van der Waals surface area contributed by atoms with Crippen molar-refractivity contribution in [2.75, 3.05) is 18.1 Å². The van der Waals surface area contributed by atoms with E-state index in [-0.39, 0.29) is 11.5 Å². The molecule has 2 N–H and O–H groups in total. The molecule has 0 aliphatic carbocycles. The van der Waals surface area contributed by atoms with Crippen LogP contribution in [0.2, 0.25) is 0 Å². The van der Waals surface area contributed by atoms with Crippen molar-refractivity contribution in [3.8, 4) is 0 Å². The maximum absolute atomic E-state index is 11.7. The van der Waals surface area contributed by atoms with Gasteiger partial charge in [-0.25, -0.2) is 8.42 Å². The molecular weight excluding hydrogens is 348 g/mol. The van der Waals surface area contributed by atoms with Crippen LogP contribution in [0.4, 0.5) is 0 Å². The monoisotopic (exact) mass is 392 g/mol. The van der Waals surface area contributed by atoms with E-state index in [9.17, 15) is 13.5 Å². The lowest BCUT2D eigenvalue weighted by Crippen LogP contribution is -2.25. The van der Waals surface area contributed by atoms with Crippen LogP contribution >= 0.6 is 0 Å². The van der Waals surface area contributed by atoms with Gasteiger partial charge in [0.15, 0.2) is 9.84 Å². The first-order valence-corrected chi connectivity index (χ1v) is 12.8. The molecule has 0 amide bonds. The Kier molecular flexibility index (Phi) is 18.2. The first kappa shape index (κ1) is 25.9. The Labute approximate surface area is 162 Å². The molecule has 0 aromatic heterocycles. The normalized spacial score (nSPS) is 13.2. The van der Waals surface area contributed by atoms with Crippen molar-refractivity contribution in [2.45, 2.75) is 116 Å². The average Bonchev–Trinajstić information content (AvgIpc) is 2.60. The van der Waals surface area contributed by atoms with E-state index in [1.807, 2.05) is 0 Å². The van der Waals surface area contributed by atoms with Crippen molar-refractivity contribution >= 4 is 9.84 Å². The van der Waals surface area contributed by atoms with E-state index >= 15 is 0 Å². The number of aliphatic hydroxyl groups is 2. The van der Waals surface area contributed by atoms with Crippen LogP contribution in [0.1, 0.15) is 110 Å². The summed E-state index contributed by atoms with van der Waals surface area (Å²) in [5, 5.41) is 17.9. The Hall–Kier alpha value is -0.130. The number of sulfone groups is 1. The van der Waals surface area contributed by atoms with Crippen molar-refractivity contribution in [2.24, 2.45) is 0 Å². The lowest BCUT2D eigenvalue weighted by molar-refractivity contribution is 0.112. The maximum Gasteiger partial charge on any atom is 0.152 e. The van der Waals surface area contributed by atoms with E-state index in [4.69, 9.17) is 5.11 Å². The first-order valence-electron chi connectivity index (χ1n) is 11.0.